The van der Waals surface area contributed by atoms with E-state index in [1.807, 2.05) is 12.1 Å². The molecule has 2 N–H and O–H groups in total. The van der Waals surface area contributed by atoms with Crippen LogP contribution in [0.1, 0.15) is 31.1 Å². The van der Waals surface area contributed by atoms with E-state index in [0.29, 0.717) is 16.6 Å². The second kappa shape index (κ2) is 7.17. The summed E-state index contributed by atoms with van der Waals surface area (Å²) in [7, 11) is 1.39. The SMILES string of the molecule is CN1C(=O)c2ccc(NC(=O)COC(=O)c3c[nH]c4ccc(Br)cc34)cc2C1=O. The molecule has 0 saturated carbocycles. The monoisotopic (exact) mass is 455 g/mol. The number of nitrogens with one attached hydrogen (secondary N) is 2. The van der Waals surface area contributed by atoms with E-state index in [-0.39, 0.29) is 17.0 Å². The Morgan fingerprint density at radius 3 is 2.66 bits per heavy atom. The largest absolute Gasteiger partial charge is 0.452 e. The van der Waals surface area contributed by atoms with Gasteiger partial charge in [-0.15, -0.1) is 0 Å². The molecule has 2 heterocycles. The molecule has 9 heteroatoms. The van der Waals surface area contributed by atoms with E-state index >= 15 is 0 Å². The van der Waals surface area contributed by atoms with Gasteiger partial charge < -0.3 is 15.0 Å². The number of aromatic amines is 1. The molecule has 1 aromatic heterocycles. The standard InChI is InChI=1S/C20H14BrN3O5/c1-24-18(26)12-4-3-11(7-14(12)19(24)27)23-17(25)9-29-20(28)15-8-22-16-5-2-10(21)6-13(15)16/h2-8,22H,9H2,1H3,(H,23,25). The molecule has 0 aliphatic carbocycles. The first-order valence-electron chi connectivity index (χ1n) is 8.55. The van der Waals surface area contributed by atoms with Crippen molar-refractivity contribution < 1.29 is 23.9 Å². The predicted molar refractivity (Wildman–Crippen MR) is 108 cm³/mol. The summed E-state index contributed by atoms with van der Waals surface area (Å²) in [6.07, 6.45) is 1.52. The fourth-order valence-electron chi connectivity index (χ4n) is 3.11. The second-order valence-electron chi connectivity index (χ2n) is 6.45. The zero-order chi connectivity index (χ0) is 20.7. The summed E-state index contributed by atoms with van der Waals surface area (Å²) in [6.45, 7) is -0.497. The van der Waals surface area contributed by atoms with Gasteiger partial charge in [-0.3, -0.25) is 19.3 Å². The molecule has 2 aromatic carbocycles. The molecule has 1 aliphatic rings. The molecule has 0 saturated heterocycles. The topological polar surface area (TPSA) is 109 Å². The molecular formula is C20H14BrN3O5. The number of anilines is 1. The first kappa shape index (κ1) is 18.9. The Morgan fingerprint density at radius 2 is 1.86 bits per heavy atom. The van der Waals surface area contributed by atoms with Crippen LogP contribution >= 0.6 is 15.9 Å². The highest BCUT2D eigenvalue weighted by molar-refractivity contribution is 9.10. The van der Waals surface area contributed by atoms with E-state index < -0.39 is 24.4 Å². The number of amides is 3. The van der Waals surface area contributed by atoms with Crippen LogP contribution in [0.3, 0.4) is 0 Å². The van der Waals surface area contributed by atoms with Gasteiger partial charge >= 0.3 is 5.97 Å². The Morgan fingerprint density at radius 1 is 1.10 bits per heavy atom. The van der Waals surface area contributed by atoms with Crippen LogP contribution in [0.2, 0.25) is 0 Å². The highest BCUT2D eigenvalue weighted by Crippen LogP contribution is 2.25. The van der Waals surface area contributed by atoms with Gasteiger partial charge in [0.15, 0.2) is 6.61 Å². The van der Waals surface area contributed by atoms with Crippen LogP contribution in [0.15, 0.2) is 47.1 Å². The Balaban J connectivity index is 1.42. The lowest BCUT2D eigenvalue weighted by atomic mass is 10.1. The lowest BCUT2D eigenvalue weighted by Gasteiger charge is -2.07. The Kier molecular flexibility index (Phi) is 4.67. The van der Waals surface area contributed by atoms with Gasteiger partial charge in [-0.2, -0.15) is 0 Å². The maximum absolute atomic E-state index is 12.3. The third kappa shape index (κ3) is 3.40. The predicted octanol–water partition coefficient (Wildman–Crippen LogP) is 2.95. The number of nitrogens with zero attached hydrogens (tertiary/aromatic N) is 1. The minimum absolute atomic E-state index is 0.219. The number of hydrogen-bond donors (Lipinski definition) is 2. The highest BCUT2D eigenvalue weighted by Gasteiger charge is 2.32. The summed E-state index contributed by atoms with van der Waals surface area (Å²) in [5.41, 5.74) is 1.92. The number of carbonyl (C=O) groups excluding carboxylic acids is 4. The minimum atomic E-state index is -0.638. The summed E-state index contributed by atoms with van der Waals surface area (Å²) in [5, 5.41) is 3.23. The number of fused-ring (bicyclic) bond motifs is 2. The molecule has 1 aliphatic heterocycles. The first-order chi connectivity index (χ1) is 13.8. The van der Waals surface area contributed by atoms with Crippen LogP contribution in [0.4, 0.5) is 5.69 Å². The molecule has 4 rings (SSSR count). The minimum Gasteiger partial charge on any atom is -0.452 e. The van der Waals surface area contributed by atoms with Gasteiger partial charge in [0.05, 0.1) is 16.7 Å². The number of ether oxygens (including phenoxy) is 1. The van der Waals surface area contributed by atoms with E-state index in [4.69, 9.17) is 4.74 Å². The maximum Gasteiger partial charge on any atom is 0.340 e. The van der Waals surface area contributed by atoms with Crippen LogP contribution in [-0.2, 0) is 9.53 Å². The third-order valence-corrected chi connectivity index (χ3v) is 5.06. The highest BCUT2D eigenvalue weighted by atomic mass is 79.9. The third-order valence-electron chi connectivity index (χ3n) is 4.57. The van der Waals surface area contributed by atoms with Crippen LogP contribution in [0.25, 0.3) is 10.9 Å². The molecule has 0 unspecified atom stereocenters. The van der Waals surface area contributed by atoms with Crippen molar-refractivity contribution in [3.05, 3.63) is 63.8 Å². The van der Waals surface area contributed by atoms with Crippen molar-refractivity contribution in [3.63, 3.8) is 0 Å². The number of benzene rings is 2. The molecule has 0 atom stereocenters. The van der Waals surface area contributed by atoms with E-state index in [9.17, 15) is 19.2 Å². The zero-order valence-corrected chi connectivity index (χ0v) is 16.7. The van der Waals surface area contributed by atoms with Crippen molar-refractivity contribution in [1.29, 1.82) is 0 Å². The van der Waals surface area contributed by atoms with Crippen LogP contribution in [0, 0.1) is 0 Å². The number of carbonyl (C=O) groups is 4. The van der Waals surface area contributed by atoms with Gasteiger partial charge in [0.2, 0.25) is 0 Å². The van der Waals surface area contributed by atoms with Crippen LogP contribution in [0.5, 0.6) is 0 Å². The summed E-state index contributed by atoms with van der Waals surface area (Å²) in [5.74, 6) is -2.02. The smallest absolute Gasteiger partial charge is 0.340 e. The summed E-state index contributed by atoms with van der Waals surface area (Å²) < 4.78 is 5.91. The fraction of sp³-hybridized carbons (Fsp3) is 0.100. The first-order valence-corrected chi connectivity index (χ1v) is 9.34. The number of H-pyrrole nitrogens is 1. The van der Waals surface area contributed by atoms with Crippen LogP contribution in [-0.4, -0.2) is 47.2 Å². The molecule has 3 amide bonds. The maximum atomic E-state index is 12.3. The Bertz CT molecular complexity index is 1200. The van der Waals surface area contributed by atoms with E-state index in [1.54, 1.807) is 6.07 Å². The van der Waals surface area contributed by atoms with Gasteiger partial charge in [0.1, 0.15) is 0 Å². The van der Waals surface area contributed by atoms with Gasteiger partial charge in [-0.1, -0.05) is 15.9 Å². The number of rotatable bonds is 4. The molecule has 0 spiro atoms. The van der Waals surface area contributed by atoms with Gasteiger partial charge in [0.25, 0.3) is 17.7 Å². The van der Waals surface area contributed by atoms with Crippen molar-refractivity contribution in [2.45, 2.75) is 0 Å². The normalized spacial score (nSPS) is 13.0. The molecule has 146 valence electrons. The molecule has 29 heavy (non-hydrogen) atoms. The quantitative estimate of drug-likeness (QED) is 0.464. The summed E-state index contributed by atoms with van der Waals surface area (Å²) in [6, 6.07) is 9.86. The zero-order valence-electron chi connectivity index (χ0n) is 15.1. The average molecular weight is 456 g/mol. The van der Waals surface area contributed by atoms with Crippen molar-refractivity contribution in [2.75, 3.05) is 19.0 Å². The fourth-order valence-corrected chi connectivity index (χ4v) is 3.47. The Labute approximate surface area is 173 Å². The van der Waals surface area contributed by atoms with Gasteiger partial charge in [-0.05, 0) is 36.4 Å². The van der Waals surface area contributed by atoms with Crippen molar-refractivity contribution in [1.82, 2.24) is 9.88 Å². The number of aromatic nitrogens is 1. The van der Waals surface area contributed by atoms with E-state index in [2.05, 4.69) is 26.2 Å². The van der Waals surface area contributed by atoms with Gasteiger partial charge in [-0.25, -0.2) is 4.79 Å². The lowest BCUT2D eigenvalue weighted by Crippen LogP contribution is -2.24. The Hall–Kier alpha value is -3.46. The molecule has 8 nitrogen and oxygen atoms in total. The average Bonchev–Trinajstić information content (AvgIpc) is 3.21. The number of hydrogen-bond acceptors (Lipinski definition) is 5. The second-order valence-corrected chi connectivity index (χ2v) is 7.36. The van der Waals surface area contributed by atoms with Gasteiger partial charge in [0, 0.05) is 34.3 Å². The van der Waals surface area contributed by atoms with Crippen LogP contribution < -0.4 is 5.32 Å². The summed E-state index contributed by atoms with van der Waals surface area (Å²) >= 11 is 3.35. The molecule has 0 bridgehead atoms. The van der Waals surface area contributed by atoms with Crippen molar-refractivity contribution in [3.8, 4) is 0 Å². The molecule has 0 fully saturated rings. The van der Waals surface area contributed by atoms with Crippen molar-refractivity contribution >= 4 is 56.2 Å². The number of imide groups is 1. The van der Waals surface area contributed by atoms with E-state index in [1.165, 1.54) is 31.4 Å². The molecular weight excluding hydrogens is 442 g/mol. The number of halogens is 1. The summed E-state index contributed by atoms with van der Waals surface area (Å²) in [4.78, 5) is 52.4. The van der Waals surface area contributed by atoms with E-state index in [0.717, 1.165) is 14.9 Å². The lowest BCUT2D eigenvalue weighted by molar-refractivity contribution is -0.119. The number of esters is 1. The van der Waals surface area contributed by atoms with Crippen molar-refractivity contribution in [2.24, 2.45) is 0 Å². The molecule has 3 aromatic rings. The molecule has 0 radical (unpaired) electrons.